The number of amides is 3. The predicted octanol–water partition coefficient (Wildman–Crippen LogP) is 8.03. The van der Waals surface area contributed by atoms with Crippen LogP contribution in [0, 0.1) is 0 Å². The van der Waals surface area contributed by atoms with Gasteiger partial charge in [-0.15, -0.1) is 0 Å². The normalized spacial score (nSPS) is 17.2. The highest BCUT2D eigenvalue weighted by Gasteiger charge is 2.71. The van der Waals surface area contributed by atoms with Crippen LogP contribution >= 0.6 is 0 Å². The monoisotopic (exact) mass is 680 g/mol. The predicted molar refractivity (Wildman–Crippen MR) is 166 cm³/mol. The number of imide groups is 1. The summed E-state index contributed by atoms with van der Waals surface area (Å²) < 4.78 is 94.8. The zero-order chi connectivity index (χ0) is 35.5. The van der Waals surface area contributed by atoms with Crippen molar-refractivity contribution in [1.29, 1.82) is 0 Å². The van der Waals surface area contributed by atoms with Gasteiger partial charge in [0.05, 0.1) is 12.7 Å². The van der Waals surface area contributed by atoms with Gasteiger partial charge in [-0.25, -0.2) is 4.79 Å². The third-order valence-corrected chi connectivity index (χ3v) is 8.11. The van der Waals surface area contributed by atoms with Gasteiger partial charge in [-0.1, -0.05) is 55.8 Å². The van der Waals surface area contributed by atoms with Gasteiger partial charge in [0.25, 0.3) is 11.5 Å². The number of ether oxygens (including phenoxy) is 2. The molecule has 2 N–H and O–H groups in total. The number of aliphatic hydroxyl groups is 1. The molecule has 1 atom stereocenters. The minimum Gasteiger partial charge on any atom is -0.493 e. The van der Waals surface area contributed by atoms with Gasteiger partial charge in [0, 0.05) is 17.7 Å². The molecule has 0 bridgehead atoms. The van der Waals surface area contributed by atoms with Crippen LogP contribution in [0.15, 0.2) is 66.7 Å². The highest BCUT2D eigenvalue weighted by Crippen LogP contribution is 2.52. The lowest BCUT2D eigenvalue weighted by Gasteiger charge is -2.33. The highest BCUT2D eigenvalue weighted by molar-refractivity contribution is 6.07. The van der Waals surface area contributed by atoms with Crippen LogP contribution in [-0.4, -0.2) is 53.6 Å². The van der Waals surface area contributed by atoms with Crippen molar-refractivity contribution in [1.82, 2.24) is 10.2 Å². The van der Waals surface area contributed by atoms with Gasteiger partial charge < -0.3 is 19.9 Å². The standard InChI is InChI=1S/C35H38F6N2O5/c1-5-11-24-20-26(33(46,34(36,37)38)35(39,40)41)21-28(23-12-7-6-8-13-23)29(24)47-19-10-9-18-43-30(44)32(4,42-31(43)45)25-14-16-27(17-15-25)48-22(2)3/h6-8,12-17,20-22,46H,5,9-11,18-19H2,1-4H3,(H,42,45). The second-order valence-corrected chi connectivity index (χ2v) is 12.1. The molecule has 0 radical (unpaired) electrons. The van der Waals surface area contributed by atoms with Crippen molar-refractivity contribution in [3.63, 3.8) is 0 Å². The summed E-state index contributed by atoms with van der Waals surface area (Å²) in [6.45, 7) is 7.12. The van der Waals surface area contributed by atoms with Gasteiger partial charge in [-0.05, 0) is 81.0 Å². The van der Waals surface area contributed by atoms with Crippen molar-refractivity contribution in [3.8, 4) is 22.6 Å². The molecule has 1 saturated heterocycles. The first-order valence-electron chi connectivity index (χ1n) is 15.6. The molecular weight excluding hydrogens is 642 g/mol. The molecule has 1 aliphatic rings. The summed E-state index contributed by atoms with van der Waals surface area (Å²) in [5, 5.41) is 12.9. The van der Waals surface area contributed by atoms with Gasteiger partial charge in [-0.3, -0.25) is 9.69 Å². The van der Waals surface area contributed by atoms with Crippen LogP contribution in [0.25, 0.3) is 11.1 Å². The maximum Gasteiger partial charge on any atom is 0.430 e. The number of alkyl halides is 6. The van der Waals surface area contributed by atoms with Gasteiger partial charge >= 0.3 is 18.4 Å². The Labute approximate surface area is 274 Å². The van der Waals surface area contributed by atoms with E-state index in [0.717, 1.165) is 4.90 Å². The van der Waals surface area contributed by atoms with E-state index in [1.54, 1.807) is 56.3 Å². The zero-order valence-electron chi connectivity index (χ0n) is 27.0. The Balaban J connectivity index is 1.53. The Morgan fingerprint density at radius 2 is 1.54 bits per heavy atom. The quantitative estimate of drug-likeness (QED) is 0.108. The third-order valence-electron chi connectivity index (χ3n) is 8.11. The number of carbonyl (C=O) groups is 2. The Hall–Kier alpha value is -4.26. The van der Waals surface area contributed by atoms with E-state index in [0.29, 0.717) is 48.3 Å². The third kappa shape index (κ3) is 7.25. The Bertz CT molecular complexity index is 1580. The Morgan fingerprint density at radius 1 is 0.917 bits per heavy atom. The van der Waals surface area contributed by atoms with E-state index in [2.05, 4.69) is 5.32 Å². The number of urea groups is 1. The fourth-order valence-corrected chi connectivity index (χ4v) is 5.62. The SMILES string of the molecule is CCCc1cc(C(O)(C(F)(F)F)C(F)(F)F)cc(-c2ccccc2)c1OCCCCN1C(=O)NC(C)(c2ccc(OC(C)C)cc2)C1=O. The van der Waals surface area contributed by atoms with E-state index in [1.165, 1.54) is 12.1 Å². The first-order valence-corrected chi connectivity index (χ1v) is 15.6. The van der Waals surface area contributed by atoms with Crippen LogP contribution in [-0.2, 0) is 22.4 Å². The van der Waals surface area contributed by atoms with E-state index in [4.69, 9.17) is 9.47 Å². The fraction of sp³-hybridized carbons (Fsp3) is 0.429. The average molecular weight is 681 g/mol. The number of rotatable bonds is 13. The summed E-state index contributed by atoms with van der Waals surface area (Å²) >= 11 is 0. The first kappa shape index (κ1) is 36.6. The van der Waals surface area contributed by atoms with E-state index >= 15 is 0 Å². The van der Waals surface area contributed by atoms with Gasteiger partial charge in [0.1, 0.15) is 17.0 Å². The van der Waals surface area contributed by atoms with Crippen molar-refractivity contribution >= 4 is 11.9 Å². The lowest BCUT2D eigenvalue weighted by Crippen LogP contribution is -2.54. The number of benzene rings is 3. The van der Waals surface area contributed by atoms with Gasteiger partial charge in [0.15, 0.2) is 0 Å². The largest absolute Gasteiger partial charge is 0.493 e. The summed E-state index contributed by atoms with van der Waals surface area (Å²) in [6, 6.07) is 15.5. The molecule has 1 unspecified atom stereocenters. The zero-order valence-corrected chi connectivity index (χ0v) is 27.0. The van der Waals surface area contributed by atoms with Gasteiger partial charge in [0.2, 0.25) is 0 Å². The molecule has 0 aromatic heterocycles. The molecular formula is C35H38F6N2O5. The number of hydrogen-bond acceptors (Lipinski definition) is 5. The van der Waals surface area contributed by atoms with Crippen molar-refractivity contribution in [3.05, 3.63) is 83.4 Å². The van der Waals surface area contributed by atoms with E-state index in [1.807, 2.05) is 13.8 Å². The number of halogens is 6. The smallest absolute Gasteiger partial charge is 0.430 e. The van der Waals surface area contributed by atoms with E-state index in [9.17, 15) is 41.0 Å². The second-order valence-electron chi connectivity index (χ2n) is 12.1. The summed E-state index contributed by atoms with van der Waals surface area (Å²) in [4.78, 5) is 27.3. The van der Waals surface area contributed by atoms with Crippen LogP contribution in [0.5, 0.6) is 11.5 Å². The van der Waals surface area contributed by atoms with Gasteiger partial charge in [-0.2, -0.15) is 26.3 Å². The number of carbonyl (C=O) groups excluding carboxylic acids is 2. The van der Waals surface area contributed by atoms with Crippen molar-refractivity contribution in [2.24, 2.45) is 0 Å². The summed E-state index contributed by atoms with van der Waals surface area (Å²) in [6.07, 6.45) is -11.1. The van der Waals surface area contributed by atoms with Crippen LogP contribution in [0.2, 0.25) is 0 Å². The molecule has 0 saturated carbocycles. The average Bonchev–Trinajstić information content (AvgIpc) is 3.23. The lowest BCUT2D eigenvalue weighted by molar-refractivity contribution is -0.376. The summed E-state index contributed by atoms with van der Waals surface area (Å²) in [5.41, 5.74) is -6.87. The minimum absolute atomic E-state index is 0.0169. The maximum absolute atomic E-state index is 13.8. The van der Waals surface area contributed by atoms with Crippen LogP contribution in [0.1, 0.15) is 63.6 Å². The molecule has 4 rings (SSSR count). The molecule has 48 heavy (non-hydrogen) atoms. The van der Waals surface area contributed by atoms with Crippen molar-refractivity contribution in [2.75, 3.05) is 13.2 Å². The number of nitrogens with zero attached hydrogens (tertiary/aromatic N) is 1. The maximum atomic E-state index is 13.8. The molecule has 1 fully saturated rings. The van der Waals surface area contributed by atoms with E-state index in [-0.39, 0.29) is 42.6 Å². The van der Waals surface area contributed by atoms with Crippen molar-refractivity contribution in [2.45, 2.75) is 83.0 Å². The molecule has 1 heterocycles. The van der Waals surface area contributed by atoms with Crippen LogP contribution in [0.3, 0.4) is 0 Å². The number of nitrogens with one attached hydrogen (secondary N) is 1. The molecule has 0 aliphatic carbocycles. The lowest BCUT2D eigenvalue weighted by atomic mass is 9.86. The molecule has 1 aliphatic heterocycles. The fourth-order valence-electron chi connectivity index (χ4n) is 5.62. The molecule has 0 spiro atoms. The highest BCUT2D eigenvalue weighted by atomic mass is 19.4. The van der Waals surface area contributed by atoms with Crippen molar-refractivity contribution < 1.29 is 50.5 Å². The Morgan fingerprint density at radius 3 is 2.10 bits per heavy atom. The molecule has 7 nitrogen and oxygen atoms in total. The summed E-state index contributed by atoms with van der Waals surface area (Å²) in [7, 11) is 0. The molecule has 260 valence electrons. The molecule has 3 amide bonds. The second kappa shape index (κ2) is 14.1. The van der Waals surface area contributed by atoms with Crippen LogP contribution < -0.4 is 14.8 Å². The Kier molecular flexibility index (Phi) is 10.7. The minimum atomic E-state index is -6.05. The first-order chi connectivity index (χ1) is 22.4. The van der Waals surface area contributed by atoms with Crippen LogP contribution in [0.4, 0.5) is 31.1 Å². The summed E-state index contributed by atoms with van der Waals surface area (Å²) in [5.74, 6) is 0.264. The number of aryl methyl sites for hydroxylation is 1. The van der Waals surface area contributed by atoms with E-state index < -0.39 is 41.0 Å². The molecule has 3 aromatic rings. The molecule has 13 heteroatoms. The molecule has 3 aromatic carbocycles. The number of hydrogen-bond donors (Lipinski definition) is 2. The topological polar surface area (TPSA) is 88.1 Å². The number of unbranched alkanes of at least 4 members (excludes halogenated alkanes) is 1.